The highest BCUT2D eigenvalue weighted by Gasteiger charge is 2.04. The Morgan fingerprint density at radius 2 is 1.87 bits per heavy atom. The number of amides is 1. The molecule has 0 aliphatic carbocycles. The van der Waals surface area contributed by atoms with Crippen molar-refractivity contribution >= 4 is 11.9 Å². The van der Waals surface area contributed by atoms with E-state index < -0.39 is 0 Å². The van der Waals surface area contributed by atoms with Gasteiger partial charge in [0, 0.05) is 51.7 Å². The minimum absolute atomic E-state index is 0.0710. The van der Waals surface area contributed by atoms with Gasteiger partial charge < -0.3 is 20.5 Å². The fraction of sp³-hybridized carbons (Fsp3) is 0.261. The van der Waals surface area contributed by atoms with E-state index in [1.165, 1.54) is 11.1 Å². The van der Waals surface area contributed by atoms with Crippen LogP contribution in [0.2, 0.25) is 0 Å². The molecular weight excluding hydrogens is 376 g/mol. The van der Waals surface area contributed by atoms with Crippen LogP contribution in [0.5, 0.6) is 0 Å². The van der Waals surface area contributed by atoms with Crippen LogP contribution in [0.15, 0.2) is 72.2 Å². The summed E-state index contributed by atoms with van der Waals surface area (Å²) in [6.45, 7) is 2.23. The molecule has 0 saturated heterocycles. The number of carbonyl (C=O) groups excluding carboxylic acids is 1. The minimum atomic E-state index is -0.0710. The van der Waals surface area contributed by atoms with Crippen LogP contribution in [0, 0.1) is 0 Å². The molecule has 0 spiro atoms. The molecule has 0 bridgehead atoms. The van der Waals surface area contributed by atoms with E-state index in [9.17, 15) is 4.79 Å². The van der Waals surface area contributed by atoms with E-state index in [0.717, 1.165) is 31.0 Å². The quantitative estimate of drug-likeness (QED) is 0.397. The molecule has 1 heterocycles. The van der Waals surface area contributed by atoms with Crippen molar-refractivity contribution in [2.24, 2.45) is 4.99 Å². The summed E-state index contributed by atoms with van der Waals surface area (Å²) in [6, 6.07) is 16.2. The summed E-state index contributed by atoms with van der Waals surface area (Å²) in [5.74, 6) is 0.679. The van der Waals surface area contributed by atoms with Crippen LogP contribution in [0.3, 0.4) is 0 Å². The van der Waals surface area contributed by atoms with Gasteiger partial charge in [-0.15, -0.1) is 0 Å². The third-order valence-corrected chi connectivity index (χ3v) is 4.75. The lowest BCUT2D eigenvalue weighted by atomic mass is 10.1. The smallest absolute Gasteiger partial charge is 0.251 e. The van der Waals surface area contributed by atoms with Gasteiger partial charge in [-0.05, 0) is 35.2 Å². The van der Waals surface area contributed by atoms with Gasteiger partial charge in [-0.3, -0.25) is 9.79 Å². The van der Waals surface area contributed by atoms with Crippen molar-refractivity contribution in [1.29, 1.82) is 0 Å². The molecule has 0 atom stereocenters. The third kappa shape index (κ3) is 6.20. The first-order valence-electron chi connectivity index (χ1n) is 9.97. The molecule has 0 fully saturated rings. The van der Waals surface area contributed by atoms with Gasteiger partial charge in [0.05, 0.1) is 6.33 Å². The summed E-state index contributed by atoms with van der Waals surface area (Å²) >= 11 is 0. The highest BCUT2D eigenvalue weighted by molar-refractivity contribution is 5.94. The van der Waals surface area contributed by atoms with Gasteiger partial charge >= 0.3 is 0 Å². The van der Waals surface area contributed by atoms with Gasteiger partial charge in [0.1, 0.15) is 0 Å². The molecule has 0 saturated carbocycles. The summed E-state index contributed by atoms with van der Waals surface area (Å²) in [6.07, 6.45) is 6.36. The molecule has 0 radical (unpaired) electrons. The fourth-order valence-electron chi connectivity index (χ4n) is 3.10. The van der Waals surface area contributed by atoms with E-state index >= 15 is 0 Å². The highest BCUT2D eigenvalue weighted by Crippen LogP contribution is 2.07. The van der Waals surface area contributed by atoms with Crippen LogP contribution in [0.25, 0.3) is 0 Å². The highest BCUT2D eigenvalue weighted by atomic mass is 16.1. The second kappa shape index (κ2) is 10.8. The molecule has 7 nitrogen and oxygen atoms in total. The Hall–Kier alpha value is -3.61. The number of nitrogens with zero attached hydrogens (tertiary/aromatic N) is 3. The maximum Gasteiger partial charge on any atom is 0.251 e. The SMILES string of the molecule is CN=C(NCCc1cccc(C(=O)NC)c1)NCc1ccc(Cn2ccnc2)cc1. The molecule has 3 aromatic rings. The molecular formula is C23H28N6O. The van der Waals surface area contributed by atoms with E-state index in [4.69, 9.17) is 0 Å². The maximum absolute atomic E-state index is 11.8. The molecule has 3 rings (SSSR count). The van der Waals surface area contributed by atoms with Crippen molar-refractivity contribution in [1.82, 2.24) is 25.5 Å². The molecule has 0 aliphatic rings. The van der Waals surface area contributed by atoms with E-state index in [1.54, 1.807) is 20.3 Å². The molecule has 0 unspecified atom stereocenters. The molecule has 1 aromatic heterocycles. The van der Waals surface area contributed by atoms with Crippen LogP contribution < -0.4 is 16.0 Å². The zero-order valence-corrected chi connectivity index (χ0v) is 17.4. The fourth-order valence-corrected chi connectivity index (χ4v) is 3.10. The minimum Gasteiger partial charge on any atom is -0.356 e. The first-order valence-corrected chi connectivity index (χ1v) is 9.97. The zero-order chi connectivity index (χ0) is 21.2. The second-order valence-electron chi connectivity index (χ2n) is 6.93. The van der Waals surface area contributed by atoms with E-state index in [-0.39, 0.29) is 5.91 Å². The molecule has 156 valence electrons. The third-order valence-electron chi connectivity index (χ3n) is 4.75. The first kappa shape index (κ1) is 21.1. The van der Waals surface area contributed by atoms with Crippen LogP contribution in [-0.4, -0.2) is 42.1 Å². The van der Waals surface area contributed by atoms with Crippen molar-refractivity contribution in [2.45, 2.75) is 19.5 Å². The summed E-state index contributed by atoms with van der Waals surface area (Å²) in [5.41, 5.74) is 4.20. The van der Waals surface area contributed by atoms with Crippen molar-refractivity contribution < 1.29 is 4.79 Å². The Morgan fingerprint density at radius 1 is 1.07 bits per heavy atom. The molecule has 30 heavy (non-hydrogen) atoms. The molecule has 0 aliphatic heterocycles. The summed E-state index contributed by atoms with van der Waals surface area (Å²) < 4.78 is 2.05. The van der Waals surface area contributed by atoms with Crippen LogP contribution in [0.4, 0.5) is 0 Å². The number of hydrogen-bond donors (Lipinski definition) is 3. The zero-order valence-electron chi connectivity index (χ0n) is 17.4. The van der Waals surface area contributed by atoms with E-state index in [1.807, 2.05) is 41.4 Å². The van der Waals surface area contributed by atoms with E-state index in [2.05, 4.69) is 50.2 Å². The Kier molecular flexibility index (Phi) is 7.60. The Labute approximate surface area is 177 Å². The number of aliphatic imine (C=N–C) groups is 1. The lowest BCUT2D eigenvalue weighted by Gasteiger charge is -2.13. The first-order chi connectivity index (χ1) is 14.7. The number of carbonyl (C=O) groups is 1. The molecule has 2 aromatic carbocycles. The number of nitrogens with one attached hydrogen (secondary N) is 3. The molecule has 3 N–H and O–H groups in total. The number of aromatic nitrogens is 2. The van der Waals surface area contributed by atoms with Crippen LogP contribution >= 0.6 is 0 Å². The van der Waals surface area contributed by atoms with Gasteiger partial charge in [-0.2, -0.15) is 0 Å². The lowest BCUT2D eigenvalue weighted by Crippen LogP contribution is -2.37. The summed E-state index contributed by atoms with van der Waals surface area (Å²) in [5, 5.41) is 9.31. The van der Waals surface area contributed by atoms with Crippen molar-refractivity contribution in [3.05, 3.63) is 89.5 Å². The van der Waals surface area contributed by atoms with Gasteiger partial charge in [0.15, 0.2) is 5.96 Å². The van der Waals surface area contributed by atoms with Gasteiger partial charge in [-0.1, -0.05) is 36.4 Å². The van der Waals surface area contributed by atoms with Gasteiger partial charge in [0.2, 0.25) is 0 Å². The predicted molar refractivity (Wildman–Crippen MR) is 120 cm³/mol. The van der Waals surface area contributed by atoms with Crippen molar-refractivity contribution in [3.63, 3.8) is 0 Å². The Balaban J connectivity index is 1.44. The van der Waals surface area contributed by atoms with Crippen molar-refractivity contribution in [2.75, 3.05) is 20.6 Å². The predicted octanol–water partition coefficient (Wildman–Crippen LogP) is 2.20. The average molecular weight is 405 g/mol. The standard InChI is InChI=1S/C23H28N6O/c1-24-22(30)21-5-3-4-18(14-21)10-11-27-23(25-2)28-15-19-6-8-20(9-7-19)16-29-13-12-26-17-29/h3-9,12-14,17H,10-11,15-16H2,1-2H3,(H,24,30)(H2,25,27,28). The number of imidazole rings is 1. The normalized spacial score (nSPS) is 11.2. The van der Waals surface area contributed by atoms with Gasteiger partial charge in [-0.25, -0.2) is 4.98 Å². The number of guanidine groups is 1. The van der Waals surface area contributed by atoms with Crippen LogP contribution in [-0.2, 0) is 19.5 Å². The number of hydrogen-bond acceptors (Lipinski definition) is 3. The van der Waals surface area contributed by atoms with Crippen molar-refractivity contribution in [3.8, 4) is 0 Å². The van der Waals surface area contributed by atoms with E-state index in [0.29, 0.717) is 12.1 Å². The Morgan fingerprint density at radius 3 is 2.57 bits per heavy atom. The molecule has 7 heteroatoms. The number of rotatable bonds is 8. The summed E-state index contributed by atoms with van der Waals surface area (Å²) in [4.78, 5) is 20.1. The Bertz CT molecular complexity index is 964. The monoisotopic (exact) mass is 404 g/mol. The van der Waals surface area contributed by atoms with Crippen LogP contribution in [0.1, 0.15) is 27.0 Å². The maximum atomic E-state index is 11.8. The lowest BCUT2D eigenvalue weighted by molar-refractivity contribution is 0.0963. The summed E-state index contributed by atoms with van der Waals surface area (Å²) in [7, 11) is 3.40. The molecule has 1 amide bonds. The number of benzene rings is 2. The second-order valence-corrected chi connectivity index (χ2v) is 6.93. The van der Waals surface area contributed by atoms with Gasteiger partial charge in [0.25, 0.3) is 5.91 Å². The average Bonchev–Trinajstić information content (AvgIpc) is 3.30. The topological polar surface area (TPSA) is 83.3 Å². The largest absolute Gasteiger partial charge is 0.356 e.